The van der Waals surface area contributed by atoms with Crippen molar-refractivity contribution in [2.75, 3.05) is 0 Å². The number of rotatable bonds is 6. The zero-order chi connectivity index (χ0) is 15.2. The Bertz CT molecular complexity index is 489. The zero-order valence-electron chi connectivity index (χ0n) is 12.4. The summed E-state index contributed by atoms with van der Waals surface area (Å²) in [5.41, 5.74) is 1.70. The maximum absolute atomic E-state index is 12.2. The van der Waals surface area contributed by atoms with E-state index in [9.17, 15) is 14.7 Å². The van der Waals surface area contributed by atoms with Crippen LogP contribution in [0.5, 0.6) is 0 Å². The van der Waals surface area contributed by atoms with Crippen LogP contribution in [-0.4, -0.2) is 27.4 Å². The van der Waals surface area contributed by atoms with E-state index in [2.05, 4.69) is 0 Å². The molecule has 1 unspecified atom stereocenters. The molecule has 0 aromatic heterocycles. The van der Waals surface area contributed by atoms with Crippen molar-refractivity contribution in [1.82, 2.24) is 0 Å². The molecule has 1 fully saturated rings. The number of carboxylic acids is 1. The number of carbonyl (C=O) groups excluding carboxylic acids is 1. The van der Waals surface area contributed by atoms with Gasteiger partial charge in [-0.05, 0) is 19.8 Å². The SMILES string of the molecule is Cc1ccc(C(=O)CC(SC2CCCCC2)C(=O)O)cc1. The summed E-state index contributed by atoms with van der Waals surface area (Å²) < 4.78 is 0. The van der Waals surface area contributed by atoms with Gasteiger partial charge in [-0.25, -0.2) is 0 Å². The van der Waals surface area contributed by atoms with Crippen LogP contribution in [0.4, 0.5) is 0 Å². The van der Waals surface area contributed by atoms with E-state index in [4.69, 9.17) is 0 Å². The number of carboxylic acid groups (broad SMARTS) is 1. The molecule has 4 heteroatoms. The molecule has 21 heavy (non-hydrogen) atoms. The second-order valence-corrected chi connectivity index (χ2v) is 7.22. The highest BCUT2D eigenvalue weighted by Gasteiger charge is 2.27. The number of hydrogen-bond acceptors (Lipinski definition) is 3. The summed E-state index contributed by atoms with van der Waals surface area (Å²) in [5, 5.41) is 9.14. The summed E-state index contributed by atoms with van der Waals surface area (Å²) in [5.74, 6) is -0.947. The number of Topliss-reactive ketones (excluding diaryl/α,β-unsaturated/α-hetero) is 1. The monoisotopic (exact) mass is 306 g/mol. The normalized spacial score (nSPS) is 17.4. The van der Waals surface area contributed by atoms with Crippen molar-refractivity contribution in [1.29, 1.82) is 0 Å². The average Bonchev–Trinajstić information content (AvgIpc) is 2.48. The topological polar surface area (TPSA) is 54.4 Å². The van der Waals surface area contributed by atoms with E-state index in [1.54, 1.807) is 12.1 Å². The molecule has 0 amide bonds. The van der Waals surface area contributed by atoms with Crippen LogP contribution >= 0.6 is 11.8 Å². The fraction of sp³-hybridized carbons (Fsp3) is 0.529. The lowest BCUT2D eigenvalue weighted by Crippen LogP contribution is -2.24. The van der Waals surface area contributed by atoms with Gasteiger partial charge in [0, 0.05) is 17.2 Å². The molecule has 0 radical (unpaired) electrons. The molecular weight excluding hydrogens is 284 g/mol. The first-order valence-corrected chi connectivity index (χ1v) is 8.48. The third-order valence-electron chi connectivity index (χ3n) is 3.93. The van der Waals surface area contributed by atoms with E-state index in [1.807, 2.05) is 19.1 Å². The lowest BCUT2D eigenvalue weighted by Gasteiger charge is -2.24. The largest absolute Gasteiger partial charge is 0.480 e. The Morgan fingerprint density at radius 1 is 1.19 bits per heavy atom. The molecule has 0 heterocycles. The number of benzene rings is 1. The second-order valence-electron chi connectivity index (χ2n) is 5.72. The van der Waals surface area contributed by atoms with Crippen molar-refractivity contribution in [2.45, 2.75) is 55.9 Å². The van der Waals surface area contributed by atoms with E-state index in [-0.39, 0.29) is 12.2 Å². The minimum atomic E-state index is -0.869. The van der Waals surface area contributed by atoms with Crippen molar-refractivity contribution in [3.63, 3.8) is 0 Å². The molecule has 0 saturated heterocycles. The minimum absolute atomic E-state index is 0.0780. The first kappa shape index (κ1) is 16.1. The van der Waals surface area contributed by atoms with Crippen LogP contribution in [0.15, 0.2) is 24.3 Å². The van der Waals surface area contributed by atoms with Crippen LogP contribution < -0.4 is 0 Å². The van der Waals surface area contributed by atoms with Crippen LogP contribution in [0.1, 0.15) is 54.4 Å². The fourth-order valence-corrected chi connectivity index (χ4v) is 4.09. The Morgan fingerprint density at radius 2 is 1.81 bits per heavy atom. The molecule has 0 aliphatic heterocycles. The summed E-state index contributed by atoms with van der Waals surface area (Å²) in [6.45, 7) is 1.97. The van der Waals surface area contributed by atoms with Gasteiger partial charge < -0.3 is 5.11 Å². The molecule has 1 aliphatic rings. The van der Waals surface area contributed by atoms with E-state index >= 15 is 0 Å². The lowest BCUT2D eigenvalue weighted by atomic mass is 10.0. The molecule has 2 rings (SSSR count). The third-order valence-corrected chi connectivity index (χ3v) is 5.48. The van der Waals surface area contributed by atoms with Crippen molar-refractivity contribution < 1.29 is 14.7 Å². The van der Waals surface area contributed by atoms with Gasteiger partial charge in [-0.3, -0.25) is 9.59 Å². The third kappa shape index (κ3) is 4.88. The average molecular weight is 306 g/mol. The van der Waals surface area contributed by atoms with Gasteiger partial charge in [-0.15, -0.1) is 11.8 Å². The summed E-state index contributed by atoms with van der Waals surface area (Å²) in [4.78, 5) is 23.7. The van der Waals surface area contributed by atoms with E-state index < -0.39 is 11.2 Å². The summed E-state index contributed by atoms with van der Waals surface area (Å²) in [6, 6.07) is 7.33. The molecule has 0 spiro atoms. The molecule has 1 N–H and O–H groups in total. The first-order chi connectivity index (χ1) is 10.1. The van der Waals surface area contributed by atoms with Crippen LogP contribution in [0.25, 0.3) is 0 Å². The van der Waals surface area contributed by atoms with Crippen molar-refractivity contribution >= 4 is 23.5 Å². The summed E-state index contributed by atoms with van der Waals surface area (Å²) >= 11 is 1.48. The van der Waals surface area contributed by atoms with Crippen LogP contribution in [0.3, 0.4) is 0 Å². The van der Waals surface area contributed by atoms with Crippen molar-refractivity contribution in [2.24, 2.45) is 0 Å². The second kappa shape index (κ2) is 7.64. The number of ketones is 1. The molecule has 1 saturated carbocycles. The zero-order valence-corrected chi connectivity index (χ0v) is 13.2. The van der Waals surface area contributed by atoms with E-state index in [0.29, 0.717) is 10.8 Å². The fourth-order valence-electron chi connectivity index (χ4n) is 2.65. The highest BCUT2D eigenvalue weighted by atomic mass is 32.2. The van der Waals surface area contributed by atoms with Gasteiger partial charge in [0.25, 0.3) is 0 Å². The quantitative estimate of drug-likeness (QED) is 0.804. The number of aryl methyl sites for hydroxylation is 1. The smallest absolute Gasteiger partial charge is 0.317 e. The number of aliphatic carboxylic acids is 1. The maximum atomic E-state index is 12.2. The van der Waals surface area contributed by atoms with Crippen LogP contribution in [0.2, 0.25) is 0 Å². The Kier molecular flexibility index (Phi) is 5.85. The maximum Gasteiger partial charge on any atom is 0.317 e. The van der Waals surface area contributed by atoms with E-state index in [0.717, 1.165) is 18.4 Å². The molecule has 1 aliphatic carbocycles. The van der Waals surface area contributed by atoms with E-state index in [1.165, 1.54) is 31.0 Å². The van der Waals surface area contributed by atoms with Crippen molar-refractivity contribution in [3.05, 3.63) is 35.4 Å². The first-order valence-electron chi connectivity index (χ1n) is 7.54. The van der Waals surface area contributed by atoms with Crippen molar-refractivity contribution in [3.8, 4) is 0 Å². The Balaban J connectivity index is 1.96. The van der Waals surface area contributed by atoms with Gasteiger partial charge in [0.15, 0.2) is 5.78 Å². The molecule has 3 nitrogen and oxygen atoms in total. The Morgan fingerprint density at radius 3 is 2.38 bits per heavy atom. The highest BCUT2D eigenvalue weighted by molar-refractivity contribution is 8.01. The Hall–Kier alpha value is -1.29. The predicted molar refractivity (Wildman–Crippen MR) is 86.0 cm³/mol. The molecular formula is C17H22O3S. The molecule has 1 atom stereocenters. The standard InChI is InChI=1S/C17H22O3S/c1-12-7-9-13(10-8-12)15(18)11-16(17(19)20)21-14-5-3-2-4-6-14/h7-10,14,16H,2-6,11H2,1H3,(H,19,20). The van der Waals surface area contributed by atoms with Gasteiger partial charge in [0.1, 0.15) is 5.25 Å². The molecule has 114 valence electrons. The lowest BCUT2D eigenvalue weighted by molar-refractivity contribution is -0.136. The minimum Gasteiger partial charge on any atom is -0.480 e. The molecule has 0 bridgehead atoms. The summed E-state index contributed by atoms with van der Waals surface area (Å²) in [7, 11) is 0. The van der Waals surface area contributed by atoms with Crippen LogP contribution in [-0.2, 0) is 4.79 Å². The van der Waals surface area contributed by atoms with Gasteiger partial charge in [0.2, 0.25) is 0 Å². The van der Waals surface area contributed by atoms with Gasteiger partial charge in [0.05, 0.1) is 0 Å². The predicted octanol–water partition coefficient (Wildman–Crippen LogP) is 4.09. The van der Waals surface area contributed by atoms with Gasteiger partial charge >= 0.3 is 5.97 Å². The van der Waals surface area contributed by atoms with Gasteiger partial charge in [-0.1, -0.05) is 49.1 Å². The van der Waals surface area contributed by atoms with Gasteiger partial charge in [-0.2, -0.15) is 0 Å². The van der Waals surface area contributed by atoms with Crippen LogP contribution in [0, 0.1) is 6.92 Å². The molecule has 1 aromatic rings. The summed E-state index contributed by atoms with van der Waals surface area (Å²) in [6.07, 6.45) is 5.84. The number of carbonyl (C=O) groups is 2. The number of thioether (sulfide) groups is 1. The molecule has 1 aromatic carbocycles. The highest BCUT2D eigenvalue weighted by Crippen LogP contribution is 2.32. The Labute approximate surface area is 130 Å². The number of hydrogen-bond donors (Lipinski definition) is 1.